The Bertz CT molecular complexity index is 540. The zero-order chi connectivity index (χ0) is 15.3. The molecule has 0 unspecified atom stereocenters. The van der Waals surface area contributed by atoms with Gasteiger partial charge in [0.05, 0.1) is 23.4 Å². The largest absolute Gasteiger partial charge is 0.394 e. The Kier molecular flexibility index (Phi) is 4.82. The number of rotatable bonds is 4. The van der Waals surface area contributed by atoms with Gasteiger partial charge in [-0.25, -0.2) is 0 Å². The van der Waals surface area contributed by atoms with Crippen LogP contribution in [0.3, 0.4) is 0 Å². The molecule has 0 aromatic heterocycles. The quantitative estimate of drug-likeness (QED) is 0.561. The van der Waals surface area contributed by atoms with Crippen LogP contribution in [0.25, 0.3) is 0 Å². The lowest BCUT2D eigenvalue weighted by atomic mass is 10.1. The van der Waals surface area contributed by atoms with Gasteiger partial charge in [0, 0.05) is 0 Å². The van der Waals surface area contributed by atoms with Crippen molar-refractivity contribution < 1.29 is 19.5 Å². The Hall–Kier alpha value is -2.41. The van der Waals surface area contributed by atoms with Crippen molar-refractivity contribution in [3.8, 4) is 0 Å². The molecule has 1 aromatic rings. The average Bonchev–Trinajstić information content (AvgIpc) is 2.38. The van der Waals surface area contributed by atoms with E-state index in [0.717, 1.165) is 0 Å². The van der Waals surface area contributed by atoms with Crippen LogP contribution in [0.15, 0.2) is 24.3 Å². The summed E-state index contributed by atoms with van der Waals surface area (Å²) < 4.78 is 0. The smallest absolute Gasteiger partial charge is 0.313 e. The van der Waals surface area contributed by atoms with Crippen molar-refractivity contribution in [1.82, 2.24) is 5.32 Å². The fraction of sp³-hybridized carbons (Fsp3) is 0.308. The lowest BCUT2D eigenvalue weighted by Gasteiger charge is -2.22. The average molecular weight is 279 g/mol. The van der Waals surface area contributed by atoms with E-state index in [1.54, 1.807) is 26.0 Å². The van der Waals surface area contributed by atoms with Gasteiger partial charge in [-0.15, -0.1) is 0 Å². The van der Waals surface area contributed by atoms with E-state index < -0.39 is 23.3 Å². The van der Waals surface area contributed by atoms with Gasteiger partial charge in [0.15, 0.2) is 0 Å². The number of aliphatic hydroxyl groups is 1. The molecular formula is C13H17N3O4. The predicted molar refractivity (Wildman–Crippen MR) is 72.9 cm³/mol. The SMILES string of the molecule is CC(C)(CO)NC(=O)C(=O)Nc1ccccc1C(N)=O. The van der Waals surface area contributed by atoms with Gasteiger partial charge in [0.2, 0.25) is 0 Å². The van der Waals surface area contributed by atoms with Gasteiger partial charge in [0.25, 0.3) is 5.91 Å². The lowest BCUT2D eigenvalue weighted by molar-refractivity contribution is -0.137. The first-order valence-electron chi connectivity index (χ1n) is 5.90. The number of para-hydroxylation sites is 1. The summed E-state index contributed by atoms with van der Waals surface area (Å²) in [6.45, 7) is 2.81. The second kappa shape index (κ2) is 6.16. The van der Waals surface area contributed by atoms with Crippen molar-refractivity contribution in [1.29, 1.82) is 0 Å². The molecule has 20 heavy (non-hydrogen) atoms. The molecule has 0 fully saturated rings. The van der Waals surface area contributed by atoms with Crippen molar-refractivity contribution in [3.05, 3.63) is 29.8 Å². The zero-order valence-electron chi connectivity index (χ0n) is 11.3. The number of primary amides is 1. The zero-order valence-corrected chi connectivity index (χ0v) is 11.3. The number of carbonyl (C=O) groups excluding carboxylic acids is 3. The van der Waals surface area contributed by atoms with Crippen molar-refractivity contribution in [3.63, 3.8) is 0 Å². The Balaban J connectivity index is 2.82. The molecule has 0 aliphatic carbocycles. The molecule has 0 aliphatic heterocycles. The van der Waals surface area contributed by atoms with Gasteiger partial charge in [-0.3, -0.25) is 14.4 Å². The van der Waals surface area contributed by atoms with Crippen molar-refractivity contribution in [2.45, 2.75) is 19.4 Å². The molecular weight excluding hydrogens is 262 g/mol. The minimum Gasteiger partial charge on any atom is -0.394 e. The first-order chi connectivity index (χ1) is 9.26. The Morgan fingerprint density at radius 1 is 1.20 bits per heavy atom. The third kappa shape index (κ3) is 4.06. The standard InChI is InChI=1S/C13H17N3O4/c1-13(2,7-17)16-12(20)11(19)15-9-6-4-3-5-8(9)10(14)18/h3-6,17H,7H2,1-2H3,(H2,14,18)(H,15,19)(H,16,20). The highest BCUT2D eigenvalue weighted by atomic mass is 16.3. The molecule has 0 radical (unpaired) electrons. The first kappa shape index (κ1) is 15.6. The van der Waals surface area contributed by atoms with E-state index in [-0.39, 0.29) is 17.9 Å². The summed E-state index contributed by atoms with van der Waals surface area (Å²) in [6.07, 6.45) is 0. The fourth-order valence-electron chi connectivity index (χ4n) is 1.39. The van der Waals surface area contributed by atoms with E-state index in [9.17, 15) is 14.4 Å². The van der Waals surface area contributed by atoms with Crippen molar-refractivity contribution >= 4 is 23.4 Å². The molecule has 1 rings (SSSR count). The van der Waals surface area contributed by atoms with Gasteiger partial charge >= 0.3 is 11.8 Å². The van der Waals surface area contributed by atoms with Crippen LogP contribution in [0.5, 0.6) is 0 Å². The normalized spacial score (nSPS) is 10.8. The number of benzene rings is 1. The van der Waals surface area contributed by atoms with E-state index in [4.69, 9.17) is 10.8 Å². The highest BCUT2D eigenvalue weighted by molar-refractivity contribution is 6.40. The molecule has 0 aliphatic rings. The summed E-state index contributed by atoms with van der Waals surface area (Å²) in [6, 6.07) is 6.08. The molecule has 7 heteroatoms. The molecule has 108 valence electrons. The van der Waals surface area contributed by atoms with Crippen LogP contribution in [-0.4, -0.2) is 35.0 Å². The predicted octanol–water partition coefficient (Wildman–Crippen LogP) is -0.389. The number of hydrogen-bond donors (Lipinski definition) is 4. The van der Waals surface area contributed by atoms with Gasteiger partial charge in [0.1, 0.15) is 0 Å². The summed E-state index contributed by atoms with van der Waals surface area (Å²) in [4.78, 5) is 34.6. The maximum absolute atomic E-state index is 11.7. The first-order valence-corrected chi connectivity index (χ1v) is 5.90. The van der Waals surface area contributed by atoms with Crippen LogP contribution in [0.2, 0.25) is 0 Å². The van der Waals surface area contributed by atoms with Crippen LogP contribution < -0.4 is 16.4 Å². The molecule has 3 amide bonds. The number of carbonyl (C=O) groups is 3. The number of amides is 3. The van der Waals surface area contributed by atoms with E-state index in [1.807, 2.05) is 0 Å². The monoisotopic (exact) mass is 279 g/mol. The molecule has 5 N–H and O–H groups in total. The van der Waals surface area contributed by atoms with Gasteiger partial charge in [-0.05, 0) is 26.0 Å². The number of nitrogens with two attached hydrogens (primary N) is 1. The van der Waals surface area contributed by atoms with E-state index in [0.29, 0.717) is 0 Å². The van der Waals surface area contributed by atoms with Crippen molar-refractivity contribution in [2.24, 2.45) is 5.73 Å². The molecule has 0 bridgehead atoms. The molecule has 0 heterocycles. The minimum absolute atomic E-state index is 0.107. The van der Waals surface area contributed by atoms with E-state index >= 15 is 0 Å². The summed E-state index contributed by atoms with van der Waals surface area (Å²) in [5.74, 6) is -2.57. The maximum atomic E-state index is 11.7. The minimum atomic E-state index is -0.944. The summed E-state index contributed by atoms with van der Waals surface area (Å²) in [5.41, 5.74) is 4.51. The van der Waals surface area contributed by atoms with Gasteiger partial charge in [-0.2, -0.15) is 0 Å². The maximum Gasteiger partial charge on any atom is 0.313 e. The molecule has 7 nitrogen and oxygen atoms in total. The summed E-state index contributed by atoms with van der Waals surface area (Å²) in [5, 5.41) is 13.7. The molecule has 0 spiro atoms. The number of hydrogen-bond acceptors (Lipinski definition) is 4. The Labute approximate surface area is 116 Å². The molecule has 0 atom stereocenters. The number of aliphatic hydroxyl groups excluding tert-OH is 1. The number of anilines is 1. The van der Waals surface area contributed by atoms with Crippen LogP contribution in [0.1, 0.15) is 24.2 Å². The highest BCUT2D eigenvalue weighted by Crippen LogP contribution is 2.14. The third-order valence-electron chi connectivity index (χ3n) is 2.49. The van der Waals surface area contributed by atoms with Crippen LogP contribution in [0.4, 0.5) is 5.69 Å². The van der Waals surface area contributed by atoms with Gasteiger partial charge in [-0.1, -0.05) is 12.1 Å². The third-order valence-corrected chi connectivity index (χ3v) is 2.49. The second-order valence-corrected chi connectivity index (χ2v) is 4.86. The van der Waals surface area contributed by atoms with Crippen LogP contribution in [-0.2, 0) is 9.59 Å². The van der Waals surface area contributed by atoms with Crippen LogP contribution >= 0.6 is 0 Å². The summed E-state index contributed by atoms with van der Waals surface area (Å²) >= 11 is 0. The highest BCUT2D eigenvalue weighted by Gasteiger charge is 2.24. The second-order valence-electron chi connectivity index (χ2n) is 4.86. The molecule has 0 saturated heterocycles. The van der Waals surface area contributed by atoms with Crippen LogP contribution in [0, 0.1) is 0 Å². The van der Waals surface area contributed by atoms with Crippen molar-refractivity contribution in [2.75, 3.05) is 11.9 Å². The topological polar surface area (TPSA) is 122 Å². The Morgan fingerprint density at radius 3 is 2.35 bits per heavy atom. The Morgan fingerprint density at radius 2 is 1.80 bits per heavy atom. The molecule has 1 aromatic carbocycles. The lowest BCUT2D eigenvalue weighted by Crippen LogP contribution is -2.50. The van der Waals surface area contributed by atoms with E-state index in [2.05, 4.69) is 10.6 Å². The fourth-order valence-corrected chi connectivity index (χ4v) is 1.39. The molecule has 0 saturated carbocycles. The number of nitrogens with one attached hydrogen (secondary N) is 2. The van der Waals surface area contributed by atoms with Gasteiger partial charge < -0.3 is 21.5 Å². The van der Waals surface area contributed by atoms with E-state index in [1.165, 1.54) is 12.1 Å². The summed E-state index contributed by atoms with van der Waals surface area (Å²) in [7, 11) is 0.